The van der Waals surface area contributed by atoms with Crippen LogP contribution in [0.5, 0.6) is 5.75 Å². The second-order valence-corrected chi connectivity index (χ2v) is 6.41. The number of rotatable bonds is 8. The van der Waals surface area contributed by atoms with Crippen molar-refractivity contribution in [1.82, 2.24) is 0 Å². The molecule has 0 radical (unpaired) electrons. The van der Waals surface area contributed by atoms with Crippen LogP contribution in [0.2, 0.25) is 0 Å². The fraction of sp³-hybridized carbons (Fsp3) is 0.167. The normalized spacial score (nSPS) is 11.5. The highest BCUT2D eigenvalue weighted by Gasteiger charge is 2.25. The minimum Gasteiger partial charge on any atom is -0.497 e. The Balaban J connectivity index is 1.72. The summed E-state index contributed by atoms with van der Waals surface area (Å²) < 4.78 is 10.7. The molecule has 3 rings (SSSR count). The highest BCUT2D eigenvalue weighted by atomic mass is 16.5. The van der Waals surface area contributed by atoms with Crippen molar-refractivity contribution < 1.29 is 19.1 Å². The summed E-state index contributed by atoms with van der Waals surface area (Å²) in [6, 6.07) is 25.6. The van der Waals surface area contributed by atoms with E-state index in [1.165, 1.54) is 0 Å². The van der Waals surface area contributed by atoms with Gasteiger partial charge in [0, 0.05) is 12.0 Å². The number of hydrogen-bond acceptors (Lipinski definition) is 4. The SMILES string of the molecule is COc1ccc(COC(=O)C(CC(=O)c2ccccc2)c2ccccc2)cc1. The van der Waals surface area contributed by atoms with Crippen LogP contribution in [0.15, 0.2) is 84.9 Å². The van der Waals surface area contributed by atoms with E-state index in [4.69, 9.17) is 9.47 Å². The van der Waals surface area contributed by atoms with Crippen molar-refractivity contribution in [3.05, 3.63) is 102 Å². The van der Waals surface area contributed by atoms with Gasteiger partial charge in [0.05, 0.1) is 13.0 Å². The zero-order valence-corrected chi connectivity index (χ0v) is 15.7. The molecule has 4 heteroatoms. The summed E-state index contributed by atoms with van der Waals surface area (Å²) in [6.07, 6.45) is 0.0650. The zero-order valence-electron chi connectivity index (χ0n) is 15.7. The van der Waals surface area contributed by atoms with Crippen LogP contribution >= 0.6 is 0 Å². The van der Waals surface area contributed by atoms with Gasteiger partial charge in [0.15, 0.2) is 5.78 Å². The molecule has 0 amide bonds. The molecule has 0 heterocycles. The summed E-state index contributed by atoms with van der Waals surface area (Å²) in [7, 11) is 1.60. The van der Waals surface area contributed by atoms with Crippen molar-refractivity contribution >= 4 is 11.8 Å². The predicted octanol–water partition coefficient (Wildman–Crippen LogP) is 4.80. The largest absolute Gasteiger partial charge is 0.497 e. The monoisotopic (exact) mass is 374 g/mol. The smallest absolute Gasteiger partial charge is 0.314 e. The number of ether oxygens (including phenoxy) is 2. The van der Waals surface area contributed by atoms with Crippen molar-refractivity contribution in [1.29, 1.82) is 0 Å². The molecule has 0 saturated heterocycles. The Morgan fingerprint density at radius 3 is 2.04 bits per heavy atom. The quantitative estimate of drug-likeness (QED) is 0.420. The summed E-state index contributed by atoms with van der Waals surface area (Å²) in [6.45, 7) is 0.145. The molecule has 0 fully saturated rings. The Labute approximate surface area is 164 Å². The molecule has 0 aliphatic heterocycles. The first-order chi connectivity index (χ1) is 13.7. The van der Waals surface area contributed by atoms with E-state index in [0.29, 0.717) is 5.56 Å². The third kappa shape index (κ3) is 5.07. The van der Waals surface area contributed by atoms with E-state index in [-0.39, 0.29) is 18.8 Å². The molecule has 0 aliphatic rings. The maximum absolute atomic E-state index is 12.8. The Kier molecular flexibility index (Phi) is 6.58. The average molecular weight is 374 g/mol. The summed E-state index contributed by atoms with van der Waals surface area (Å²) >= 11 is 0. The lowest BCUT2D eigenvalue weighted by Crippen LogP contribution is -2.19. The lowest BCUT2D eigenvalue weighted by atomic mass is 9.91. The van der Waals surface area contributed by atoms with Crippen molar-refractivity contribution in [3.63, 3.8) is 0 Å². The van der Waals surface area contributed by atoms with E-state index >= 15 is 0 Å². The predicted molar refractivity (Wildman–Crippen MR) is 107 cm³/mol. The summed E-state index contributed by atoms with van der Waals surface area (Å²) in [5, 5.41) is 0. The Bertz CT molecular complexity index is 902. The van der Waals surface area contributed by atoms with E-state index in [2.05, 4.69) is 0 Å². The third-order valence-electron chi connectivity index (χ3n) is 4.51. The molecule has 4 nitrogen and oxygen atoms in total. The minimum absolute atomic E-state index is 0.0650. The summed E-state index contributed by atoms with van der Waals surface area (Å²) in [5.41, 5.74) is 2.22. The molecule has 0 spiro atoms. The molecule has 3 aromatic rings. The molecular weight excluding hydrogens is 352 g/mol. The van der Waals surface area contributed by atoms with Gasteiger partial charge in [0.25, 0.3) is 0 Å². The van der Waals surface area contributed by atoms with Gasteiger partial charge < -0.3 is 9.47 Å². The van der Waals surface area contributed by atoms with Gasteiger partial charge in [0.1, 0.15) is 12.4 Å². The van der Waals surface area contributed by atoms with Crippen LogP contribution in [0, 0.1) is 0 Å². The van der Waals surface area contributed by atoms with Crippen molar-refractivity contribution in [3.8, 4) is 5.75 Å². The first-order valence-electron chi connectivity index (χ1n) is 9.10. The van der Waals surface area contributed by atoms with Crippen LogP contribution in [-0.4, -0.2) is 18.9 Å². The van der Waals surface area contributed by atoms with E-state index in [1.807, 2.05) is 72.8 Å². The number of hydrogen-bond donors (Lipinski definition) is 0. The maximum atomic E-state index is 12.8. The van der Waals surface area contributed by atoms with E-state index in [9.17, 15) is 9.59 Å². The molecule has 28 heavy (non-hydrogen) atoms. The second-order valence-electron chi connectivity index (χ2n) is 6.41. The van der Waals surface area contributed by atoms with Gasteiger partial charge in [-0.05, 0) is 23.3 Å². The van der Waals surface area contributed by atoms with Gasteiger partial charge in [-0.3, -0.25) is 9.59 Å². The molecule has 0 aliphatic carbocycles. The van der Waals surface area contributed by atoms with Gasteiger partial charge in [-0.25, -0.2) is 0 Å². The standard InChI is InChI=1S/C24H22O4/c1-27-21-14-12-18(13-15-21)17-28-24(26)22(19-8-4-2-5-9-19)16-23(25)20-10-6-3-7-11-20/h2-15,22H,16-17H2,1H3. The molecular formula is C24H22O4. The number of carbonyl (C=O) groups is 2. The molecule has 0 saturated carbocycles. The van der Waals surface area contributed by atoms with Gasteiger partial charge in [0.2, 0.25) is 0 Å². The van der Waals surface area contributed by atoms with E-state index in [1.54, 1.807) is 19.2 Å². The van der Waals surface area contributed by atoms with E-state index in [0.717, 1.165) is 16.9 Å². The van der Waals surface area contributed by atoms with Gasteiger partial charge in [-0.2, -0.15) is 0 Å². The first-order valence-corrected chi connectivity index (χ1v) is 9.10. The molecule has 3 aromatic carbocycles. The van der Waals surface area contributed by atoms with Crippen LogP contribution in [-0.2, 0) is 16.1 Å². The number of ketones is 1. The van der Waals surface area contributed by atoms with Crippen molar-refractivity contribution in [2.45, 2.75) is 18.9 Å². The minimum atomic E-state index is -0.646. The lowest BCUT2D eigenvalue weighted by Gasteiger charge is -2.16. The Morgan fingerprint density at radius 2 is 1.43 bits per heavy atom. The topological polar surface area (TPSA) is 52.6 Å². The third-order valence-corrected chi connectivity index (χ3v) is 4.51. The number of esters is 1. The fourth-order valence-corrected chi connectivity index (χ4v) is 2.93. The van der Waals surface area contributed by atoms with Crippen LogP contribution in [0.3, 0.4) is 0 Å². The average Bonchev–Trinajstić information content (AvgIpc) is 2.77. The zero-order chi connectivity index (χ0) is 19.8. The maximum Gasteiger partial charge on any atom is 0.314 e. The molecule has 0 bridgehead atoms. The molecule has 142 valence electrons. The number of methoxy groups -OCH3 is 1. The molecule has 1 atom stereocenters. The Hall–Kier alpha value is -3.40. The molecule has 0 N–H and O–H groups in total. The van der Waals surface area contributed by atoms with Crippen molar-refractivity contribution in [2.24, 2.45) is 0 Å². The first kappa shape index (κ1) is 19.4. The lowest BCUT2D eigenvalue weighted by molar-refractivity contribution is -0.146. The van der Waals surface area contributed by atoms with E-state index < -0.39 is 11.9 Å². The molecule has 1 unspecified atom stereocenters. The van der Waals surface area contributed by atoms with Crippen LogP contribution < -0.4 is 4.74 Å². The molecule has 0 aromatic heterocycles. The van der Waals surface area contributed by atoms with Gasteiger partial charge >= 0.3 is 5.97 Å². The fourth-order valence-electron chi connectivity index (χ4n) is 2.93. The highest BCUT2D eigenvalue weighted by Crippen LogP contribution is 2.24. The number of benzene rings is 3. The van der Waals surface area contributed by atoms with Crippen LogP contribution in [0.25, 0.3) is 0 Å². The summed E-state index contributed by atoms with van der Waals surface area (Å²) in [4.78, 5) is 25.5. The van der Waals surface area contributed by atoms with Gasteiger partial charge in [-0.15, -0.1) is 0 Å². The van der Waals surface area contributed by atoms with Crippen LogP contribution in [0.4, 0.5) is 0 Å². The van der Waals surface area contributed by atoms with Crippen molar-refractivity contribution in [2.75, 3.05) is 7.11 Å². The number of Topliss-reactive ketones (excluding diaryl/α,β-unsaturated/α-hetero) is 1. The highest BCUT2D eigenvalue weighted by molar-refractivity contribution is 5.99. The Morgan fingerprint density at radius 1 is 0.821 bits per heavy atom. The summed E-state index contributed by atoms with van der Waals surface area (Å²) in [5.74, 6) is -0.403. The number of carbonyl (C=O) groups excluding carboxylic acids is 2. The second kappa shape index (κ2) is 9.51. The van der Waals surface area contributed by atoms with Gasteiger partial charge in [-0.1, -0.05) is 72.8 Å². The van der Waals surface area contributed by atoms with Crippen LogP contribution in [0.1, 0.15) is 33.8 Å².